The maximum absolute atomic E-state index is 13.1. The predicted molar refractivity (Wildman–Crippen MR) is 123 cm³/mol. The summed E-state index contributed by atoms with van der Waals surface area (Å²) in [5.41, 5.74) is -0.895. The van der Waals surface area contributed by atoms with Gasteiger partial charge in [0.1, 0.15) is 17.2 Å². The number of tetrazole rings is 1. The summed E-state index contributed by atoms with van der Waals surface area (Å²) in [7, 11) is 0. The predicted octanol–water partition coefficient (Wildman–Crippen LogP) is 3.15. The van der Waals surface area contributed by atoms with Gasteiger partial charge in [-0.2, -0.15) is 0 Å². The number of carbonyl (C=O) groups excluding carboxylic acids is 2. The normalized spacial score (nSPS) is 12.8. The number of nitrogens with one attached hydrogen (secondary N) is 2. The molecule has 0 aliphatic carbocycles. The molecule has 0 saturated carbocycles. The molecule has 33 heavy (non-hydrogen) atoms. The van der Waals surface area contributed by atoms with Crippen LogP contribution in [0.1, 0.15) is 71.8 Å². The number of hydrogen-bond donors (Lipinski definition) is 2. The fourth-order valence-corrected chi connectivity index (χ4v) is 2.93. The molecule has 1 heterocycles. The van der Waals surface area contributed by atoms with Crippen molar-refractivity contribution in [2.24, 2.45) is 0 Å². The number of benzene rings is 1. The van der Waals surface area contributed by atoms with Crippen molar-refractivity contribution < 1.29 is 19.1 Å². The standard InChI is InChI=1S/C23H36N6O4/c1-7-8-14-29-19(26-27-28-29)18(16-32-15-17-12-10-9-11-13-17)24-20(30)23(5,6)25-21(31)33-22(2,3)4/h9-13,18H,7-8,14-16H2,1-6H3,(H,24,30)(H,25,31). The summed E-state index contributed by atoms with van der Waals surface area (Å²) in [5.74, 6) is 0.0876. The Labute approximate surface area is 195 Å². The number of carbonyl (C=O) groups is 2. The van der Waals surface area contributed by atoms with Gasteiger partial charge in [0, 0.05) is 6.54 Å². The molecule has 182 valence electrons. The Morgan fingerprint density at radius 1 is 1.12 bits per heavy atom. The van der Waals surface area contributed by atoms with Crippen LogP contribution >= 0.6 is 0 Å². The molecule has 10 nitrogen and oxygen atoms in total. The fourth-order valence-electron chi connectivity index (χ4n) is 2.93. The summed E-state index contributed by atoms with van der Waals surface area (Å²) in [6, 6.07) is 9.14. The minimum atomic E-state index is -1.23. The van der Waals surface area contributed by atoms with Gasteiger partial charge in [0.15, 0.2) is 5.82 Å². The first kappa shape index (κ1) is 26.2. The van der Waals surface area contributed by atoms with Crippen LogP contribution in [0.3, 0.4) is 0 Å². The highest BCUT2D eigenvalue weighted by Gasteiger charge is 2.34. The van der Waals surface area contributed by atoms with Crippen molar-refractivity contribution >= 4 is 12.0 Å². The van der Waals surface area contributed by atoms with E-state index in [4.69, 9.17) is 9.47 Å². The maximum Gasteiger partial charge on any atom is 0.408 e. The summed E-state index contributed by atoms with van der Waals surface area (Å²) in [6.07, 6.45) is 1.20. The third-order valence-electron chi connectivity index (χ3n) is 4.68. The molecule has 0 saturated heterocycles. The Hall–Kier alpha value is -3.01. The molecule has 1 atom stereocenters. The fraction of sp³-hybridized carbons (Fsp3) is 0.609. The molecule has 0 radical (unpaired) electrons. The van der Waals surface area contributed by atoms with Crippen molar-refractivity contribution in [1.29, 1.82) is 0 Å². The highest BCUT2D eigenvalue weighted by Crippen LogP contribution is 2.15. The first-order valence-electron chi connectivity index (χ1n) is 11.2. The van der Waals surface area contributed by atoms with Crippen LogP contribution in [0.2, 0.25) is 0 Å². The third-order valence-corrected chi connectivity index (χ3v) is 4.68. The number of alkyl carbamates (subject to hydrolysis) is 1. The first-order valence-corrected chi connectivity index (χ1v) is 11.2. The Morgan fingerprint density at radius 3 is 2.45 bits per heavy atom. The Morgan fingerprint density at radius 2 is 1.82 bits per heavy atom. The van der Waals surface area contributed by atoms with Gasteiger partial charge in [0.2, 0.25) is 5.91 Å². The van der Waals surface area contributed by atoms with Crippen LogP contribution in [0.5, 0.6) is 0 Å². The average Bonchev–Trinajstić information content (AvgIpc) is 3.18. The van der Waals surface area contributed by atoms with Gasteiger partial charge >= 0.3 is 6.09 Å². The molecule has 0 aliphatic rings. The number of amides is 2. The topological polar surface area (TPSA) is 120 Å². The van der Waals surface area contributed by atoms with E-state index in [1.54, 1.807) is 39.3 Å². The van der Waals surface area contributed by atoms with Gasteiger partial charge in [0.05, 0.1) is 13.2 Å². The van der Waals surface area contributed by atoms with Crippen molar-refractivity contribution in [1.82, 2.24) is 30.8 Å². The summed E-state index contributed by atoms with van der Waals surface area (Å²) < 4.78 is 12.9. The number of rotatable bonds is 11. The molecule has 2 N–H and O–H groups in total. The van der Waals surface area contributed by atoms with E-state index in [9.17, 15) is 9.59 Å². The second kappa shape index (κ2) is 11.7. The average molecular weight is 461 g/mol. The van der Waals surface area contributed by atoms with E-state index < -0.39 is 29.2 Å². The highest BCUT2D eigenvalue weighted by atomic mass is 16.6. The van der Waals surface area contributed by atoms with Crippen LogP contribution in [0.15, 0.2) is 30.3 Å². The molecular formula is C23H36N6O4. The lowest BCUT2D eigenvalue weighted by Crippen LogP contribution is -2.56. The number of aromatic nitrogens is 4. The maximum atomic E-state index is 13.1. The number of hydrogen-bond acceptors (Lipinski definition) is 7. The number of nitrogens with zero attached hydrogens (tertiary/aromatic N) is 4. The molecule has 1 aromatic carbocycles. The second-order valence-electron chi connectivity index (χ2n) is 9.39. The monoisotopic (exact) mass is 460 g/mol. The van der Waals surface area contributed by atoms with Crippen molar-refractivity contribution in [3.63, 3.8) is 0 Å². The van der Waals surface area contributed by atoms with Crippen LogP contribution in [-0.2, 0) is 27.4 Å². The van der Waals surface area contributed by atoms with Crippen molar-refractivity contribution in [2.45, 2.75) is 84.7 Å². The largest absolute Gasteiger partial charge is 0.444 e. The van der Waals surface area contributed by atoms with E-state index in [-0.39, 0.29) is 6.61 Å². The second-order valence-corrected chi connectivity index (χ2v) is 9.39. The molecule has 10 heteroatoms. The molecule has 2 rings (SSSR count). The zero-order chi connectivity index (χ0) is 24.5. The summed E-state index contributed by atoms with van der Waals surface area (Å²) in [5, 5.41) is 17.5. The van der Waals surface area contributed by atoms with Crippen molar-refractivity contribution in [2.75, 3.05) is 6.61 Å². The molecule has 1 aromatic heterocycles. The summed E-state index contributed by atoms with van der Waals surface area (Å²) in [4.78, 5) is 25.3. The van der Waals surface area contributed by atoms with Crippen LogP contribution < -0.4 is 10.6 Å². The minimum absolute atomic E-state index is 0.162. The molecule has 0 bridgehead atoms. The quantitative estimate of drug-likeness (QED) is 0.528. The molecule has 0 aliphatic heterocycles. The van der Waals surface area contributed by atoms with Crippen molar-refractivity contribution in [3.05, 3.63) is 41.7 Å². The Kier molecular flexibility index (Phi) is 9.33. The highest BCUT2D eigenvalue weighted by molar-refractivity contribution is 5.89. The Balaban J connectivity index is 2.12. The van der Waals surface area contributed by atoms with E-state index in [2.05, 4.69) is 33.1 Å². The van der Waals surface area contributed by atoms with E-state index >= 15 is 0 Å². The van der Waals surface area contributed by atoms with E-state index in [1.807, 2.05) is 30.3 Å². The van der Waals surface area contributed by atoms with Gasteiger partial charge in [-0.1, -0.05) is 43.7 Å². The van der Waals surface area contributed by atoms with E-state index in [0.717, 1.165) is 18.4 Å². The summed E-state index contributed by atoms with van der Waals surface area (Å²) in [6.45, 7) is 11.7. The van der Waals surface area contributed by atoms with Crippen LogP contribution in [0, 0.1) is 0 Å². The Bertz CT molecular complexity index is 892. The number of ether oxygens (including phenoxy) is 2. The molecule has 0 fully saturated rings. The minimum Gasteiger partial charge on any atom is -0.444 e. The summed E-state index contributed by atoms with van der Waals surface area (Å²) >= 11 is 0. The molecule has 2 aromatic rings. The van der Waals surface area contributed by atoms with Gasteiger partial charge in [-0.25, -0.2) is 9.48 Å². The van der Waals surface area contributed by atoms with Crippen LogP contribution in [-0.4, -0.2) is 50.0 Å². The zero-order valence-corrected chi connectivity index (χ0v) is 20.4. The molecule has 0 spiro atoms. The number of unbranched alkanes of at least 4 members (excludes halogenated alkanes) is 1. The lowest BCUT2D eigenvalue weighted by atomic mass is 10.0. The SMILES string of the molecule is CCCCn1nnnc1C(COCc1ccccc1)NC(=O)C(C)(C)NC(=O)OC(C)(C)C. The first-order chi connectivity index (χ1) is 15.5. The van der Waals surface area contributed by atoms with Gasteiger partial charge in [0.25, 0.3) is 0 Å². The van der Waals surface area contributed by atoms with E-state index in [0.29, 0.717) is 19.0 Å². The van der Waals surface area contributed by atoms with Crippen LogP contribution in [0.4, 0.5) is 4.79 Å². The van der Waals surface area contributed by atoms with Gasteiger partial charge in [-0.3, -0.25) is 4.79 Å². The van der Waals surface area contributed by atoms with Gasteiger partial charge < -0.3 is 20.1 Å². The van der Waals surface area contributed by atoms with Crippen molar-refractivity contribution in [3.8, 4) is 0 Å². The smallest absolute Gasteiger partial charge is 0.408 e. The van der Waals surface area contributed by atoms with Gasteiger partial charge in [-0.15, -0.1) is 5.10 Å². The molecule has 2 amide bonds. The zero-order valence-electron chi connectivity index (χ0n) is 20.4. The third kappa shape index (κ3) is 8.80. The van der Waals surface area contributed by atoms with E-state index in [1.165, 1.54) is 0 Å². The molecular weight excluding hydrogens is 424 g/mol. The van der Waals surface area contributed by atoms with Gasteiger partial charge in [-0.05, 0) is 57.0 Å². The lowest BCUT2D eigenvalue weighted by molar-refractivity contribution is -0.127. The molecule has 1 unspecified atom stereocenters. The lowest BCUT2D eigenvalue weighted by Gasteiger charge is -2.29. The van der Waals surface area contributed by atoms with Crippen LogP contribution in [0.25, 0.3) is 0 Å². The number of aryl methyl sites for hydroxylation is 1.